The molecule has 0 radical (unpaired) electrons. The number of carboxylic acids is 1. The van der Waals surface area contributed by atoms with Crippen molar-refractivity contribution < 1.29 is 14.7 Å². The summed E-state index contributed by atoms with van der Waals surface area (Å²) in [5.41, 5.74) is 9.42. The largest absolute Gasteiger partial charge is 0.480 e. The van der Waals surface area contributed by atoms with Gasteiger partial charge in [0.15, 0.2) is 0 Å². The van der Waals surface area contributed by atoms with Crippen molar-refractivity contribution in [3.05, 3.63) is 40.3 Å². The maximum absolute atomic E-state index is 10.9. The molecule has 0 saturated carbocycles. The minimum atomic E-state index is -1.09. The average molecular weight is 248 g/mol. The van der Waals surface area contributed by atoms with Crippen LogP contribution in [0.2, 0.25) is 0 Å². The molecular weight excluding hydrogens is 236 g/mol. The van der Waals surface area contributed by atoms with Gasteiger partial charge in [0.2, 0.25) is 5.91 Å². The van der Waals surface area contributed by atoms with E-state index in [1.807, 2.05) is 0 Å². The van der Waals surface area contributed by atoms with Crippen LogP contribution in [0, 0.1) is 0 Å². The highest BCUT2D eigenvalue weighted by atomic mass is 16.4. The minimum absolute atomic E-state index is 0.172. The van der Waals surface area contributed by atoms with E-state index in [2.05, 4.69) is 15.3 Å². The van der Waals surface area contributed by atoms with Gasteiger partial charge in [-0.25, -0.2) is 4.79 Å². The summed E-state index contributed by atoms with van der Waals surface area (Å²) in [6, 6.07) is 5.51. The van der Waals surface area contributed by atoms with Gasteiger partial charge in [0.1, 0.15) is 6.04 Å². The number of benzene rings is 1. The van der Waals surface area contributed by atoms with Gasteiger partial charge in [-0.05, 0) is 11.1 Å². The summed E-state index contributed by atoms with van der Waals surface area (Å²) in [4.78, 5) is 24.4. The summed E-state index contributed by atoms with van der Waals surface area (Å²) in [7, 11) is 0. The van der Waals surface area contributed by atoms with Crippen molar-refractivity contribution >= 4 is 17.6 Å². The maximum atomic E-state index is 10.9. The van der Waals surface area contributed by atoms with Crippen LogP contribution in [-0.2, 0) is 16.0 Å². The molecule has 0 heterocycles. The fourth-order valence-corrected chi connectivity index (χ4v) is 1.43. The third-order valence-electron chi connectivity index (χ3n) is 2.21. The fraction of sp³-hybridized carbons (Fsp3) is 0.273. The number of amides is 1. The first kappa shape index (κ1) is 13.5. The standard InChI is InChI=1S/C11H12N4O3/c1-7(16)13-10(11(17)18)6-8-2-4-9(5-3-8)14-15-12/h2-5,10H,6H2,1H3,(H,13,16)(H,17,18). The zero-order valence-corrected chi connectivity index (χ0v) is 9.70. The van der Waals surface area contributed by atoms with Crippen LogP contribution in [0.4, 0.5) is 5.69 Å². The third kappa shape index (κ3) is 4.15. The second-order valence-corrected chi connectivity index (χ2v) is 3.65. The van der Waals surface area contributed by atoms with Crippen molar-refractivity contribution in [1.29, 1.82) is 0 Å². The van der Waals surface area contributed by atoms with Crippen molar-refractivity contribution in [3.8, 4) is 0 Å². The lowest BCUT2D eigenvalue weighted by Crippen LogP contribution is -2.41. The van der Waals surface area contributed by atoms with Crippen molar-refractivity contribution in [2.75, 3.05) is 0 Å². The third-order valence-corrected chi connectivity index (χ3v) is 2.21. The zero-order chi connectivity index (χ0) is 13.5. The van der Waals surface area contributed by atoms with Gasteiger partial charge in [0.25, 0.3) is 0 Å². The van der Waals surface area contributed by atoms with Crippen LogP contribution >= 0.6 is 0 Å². The Kier molecular flexibility index (Phi) is 4.71. The Morgan fingerprint density at radius 3 is 2.50 bits per heavy atom. The van der Waals surface area contributed by atoms with E-state index in [0.29, 0.717) is 5.69 Å². The Labute approximate surface area is 103 Å². The summed E-state index contributed by atoms with van der Waals surface area (Å²) >= 11 is 0. The molecular formula is C11H12N4O3. The molecule has 1 rings (SSSR count). The molecule has 18 heavy (non-hydrogen) atoms. The number of carbonyl (C=O) groups is 2. The number of carbonyl (C=O) groups excluding carboxylic acids is 1. The van der Waals surface area contributed by atoms with E-state index in [-0.39, 0.29) is 6.42 Å². The lowest BCUT2D eigenvalue weighted by molar-refractivity contribution is -0.141. The van der Waals surface area contributed by atoms with E-state index in [1.54, 1.807) is 24.3 Å². The molecule has 1 unspecified atom stereocenters. The number of azide groups is 1. The molecule has 0 spiro atoms. The predicted octanol–water partition coefficient (Wildman–Crippen LogP) is 1.76. The van der Waals surface area contributed by atoms with Crippen LogP contribution in [0.5, 0.6) is 0 Å². The van der Waals surface area contributed by atoms with Crippen LogP contribution in [0.3, 0.4) is 0 Å². The first-order valence-electron chi connectivity index (χ1n) is 5.17. The number of nitrogens with one attached hydrogen (secondary N) is 1. The van der Waals surface area contributed by atoms with Gasteiger partial charge in [-0.1, -0.05) is 29.4 Å². The van der Waals surface area contributed by atoms with Crippen LogP contribution in [0.25, 0.3) is 10.4 Å². The van der Waals surface area contributed by atoms with E-state index in [9.17, 15) is 9.59 Å². The number of rotatable bonds is 5. The zero-order valence-electron chi connectivity index (χ0n) is 9.70. The van der Waals surface area contributed by atoms with Gasteiger partial charge < -0.3 is 10.4 Å². The molecule has 7 nitrogen and oxygen atoms in total. The van der Waals surface area contributed by atoms with Crippen LogP contribution in [0.15, 0.2) is 29.4 Å². The van der Waals surface area contributed by atoms with Crippen LogP contribution in [0.1, 0.15) is 12.5 Å². The first-order valence-corrected chi connectivity index (χ1v) is 5.17. The number of aliphatic carboxylic acids is 1. The minimum Gasteiger partial charge on any atom is -0.480 e. The van der Waals surface area contributed by atoms with Crippen molar-refractivity contribution in [3.63, 3.8) is 0 Å². The van der Waals surface area contributed by atoms with E-state index in [1.165, 1.54) is 6.92 Å². The van der Waals surface area contributed by atoms with E-state index in [0.717, 1.165) is 5.56 Å². The average Bonchev–Trinajstić information content (AvgIpc) is 2.30. The molecule has 1 aromatic carbocycles. The Balaban J connectivity index is 2.77. The van der Waals surface area contributed by atoms with Gasteiger partial charge in [-0.3, -0.25) is 4.79 Å². The van der Waals surface area contributed by atoms with Crippen LogP contribution in [-0.4, -0.2) is 23.0 Å². The summed E-state index contributed by atoms with van der Waals surface area (Å²) < 4.78 is 0. The molecule has 0 aliphatic carbocycles. The molecule has 0 bridgehead atoms. The van der Waals surface area contributed by atoms with Gasteiger partial charge in [0, 0.05) is 23.9 Å². The summed E-state index contributed by atoms with van der Waals surface area (Å²) in [5, 5.41) is 14.7. The summed E-state index contributed by atoms with van der Waals surface area (Å²) in [5.74, 6) is -1.49. The SMILES string of the molecule is CC(=O)NC(Cc1ccc(N=[N+]=[N-])cc1)C(=O)O. The molecule has 0 aromatic heterocycles. The highest BCUT2D eigenvalue weighted by molar-refractivity contribution is 5.82. The molecule has 1 atom stereocenters. The fourth-order valence-electron chi connectivity index (χ4n) is 1.43. The van der Waals surface area contributed by atoms with E-state index in [4.69, 9.17) is 10.6 Å². The molecule has 0 fully saturated rings. The molecule has 0 aliphatic rings. The number of hydrogen-bond donors (Lipinski definition) is 2. The predicted molar refractivity (Wildman–Crippen MR) is 64.2 cm³/mol. The van der Waals surface area contributed by atoms with Gasteiger partial charge in [-0.2, -0.15) is 0 Å². The Bertz CT molecular complexity index is 492. The van der Waals surface area contributed by atoms with Crippen molar-refractivity contribution in [2.24, 2.45) is 5.11 Å². The maximum Gasteiger partial charge on any atom is 0.326 e. The smallest absolute Gasteiger partial charge is 0.326 e. The second kappa shape index (κ2) is 6.27. The molecule has 2 N–H and O–H groups in total. The lowest BCUT2D eigenvalue weighted by Gasteiger charge is -2.13. The van der Waals surface area contributed by atoms with Crippen molar-refractivity contribution in [2.45, 2.75) is 19.4 Å². The highest BCUT2D eigenvalue weighted by Gasteiger charge is 2.18. The van der Waals surface area contributed by atoms with Crippen molar-refractivity contribution in [1.82, 2.24) is 5.32 Å². The van der Waals surface area contributed by atoms with Gasteiger partial charge >= 0.3 is 5.97 Å². The number of hydrogen-bond acceptors (Lipinski definition) is 3. The highest BCUT2D eigenvalue weighted by Crippen LogP contribution is 2.14. The summed E-state index contributed by atoms with van der Waals surface area (Å²) in [6.07, 6.45) is 0.172. The molecule has 0 saturated heterocycles. The quantitative estimate of drug-likeness (QED) is 0.469. The summed E-state index contributed by atoms with van der Waals surface area (Å²) in [6.45, 7) is 1.26. The normalized spacial score (nSPS) is 11.2. The number of carboxylic acid groups (broad SMARTS) is 1. The molecule has 1 amide bonds. The Morgan fingerprint density at radius 1 is 1.44 bits per heavy atom. The van der Waals surface area contributed by atoms with Crippen LogP contribution < -0.4 is 5.32 Å². The molecule has 1 aromatic rings. The monoisotopic (exact) mass is 248 g/mol. The second-order valence-electron chi connectivity index (χ2n) is 3.65. The Morgan fingerprint density at radius 2 is 2.06 bits per heavy atom. The van der Waals surface area contributed by atoms with E-state index >= 15 is 0 Å². The lowest BCUT2D eigenvalue weighted by atomic mass is 10.1. The van der Waals surface area contributed by atoms with Gasteiger partial charge in [0.05, 0.1) is 0 Å². The first-order chi connectivity index (χ1) is 8.52. The number of nitrogens with zero attached hydrogens (tertiary/aromatic N) is 3. The van der Waals surface area contributed by atoms with E-state index < -0.39 is 17.9 Å². The van der Waals surface area contributed by atoms with Gasteiger partial charge in [-0.15, -0.1) is 0 Å². The Hall–Kier alpha value is -2.53. The molecule has 7 heteroatoms. The molecule has 0 aliphatic heterocycles. The topological polar surface area (TPSA) is 115 Å². The molecule has 94 valence electrons.